The summed E-state index contributed by atoms with van der Waals surface area (Å²) in [5.74, 6) is 1.79. The van der Waals surface area contributed by atoms with Gasteiger partial charge >= 0.3 is 0 Å². The normalized spacial score (nSPS) is 17.1. The van der Waals surface area contributed by atoms with Gasteiger partial charge in [0.1, 0.15) is 18.0 Å². The van der Waals surface area contributed by atoms with Gasteiger partial charge in [0.05, 0.1) is 12.1 Å². The van der Waals surface area contributed by atoms with Crippen LogP contribution in [-0.4, -0.2) is 33.8 Å². The quantitative estimate of drug-likeness (QED) is 0.715. The zero-order chi connectivity index (χ0) is 14.4. The van der Waals surface area contributed by atoms with Crippen LogP contribution in [0.15, 0.2) is 6.33 Å². The van der Waals surface area contributed by atoms with Crippen molar-refractivity contribution in [2.45, 2.75) is 57.9 Å². The van der Waals surface area contributed by atoms with Crippen LogP contribution in [0.4, 0.5) is 11.6 Å². The van der Waals surface area contributed by atoms with Crippen LogP contribution in [0.25, 0.3) is 0 Å². The molecule has 3 N–H and O–H groups in total. The maximum atomic E-state index is 9.73. The molecule has 0 saturated heterocycles. The predicted octanol–water partition coefficient (Wildman–Crippen LogP) is 2.58. The molecule has 1 aliphatic rings. The Hall–Kier alpha value is -1.36. The first-order valence-electron chi connectivity index (χ1n) is 7.71. The topological polar surface area (TPSA) is 70.1 Å². The average Bonchev–Trinajstić information content (AvgIpc) is 2.94. The molecule has 1 heterocycles. The molecule has 2 rings (SSSR count). The predicted molar refractivity (Wildman–Crippen MR) is 82.1 cm³/mol. The highest BCUT2D eigenvalue weighted by molar-refractivity contribution is 5.58. The number of rotatable bonds is 7. The van der Waals surface area contributed by atoms with Gasteiger partial charge in [-0.05, 0) is 25.7 Å². The van der Waals surface area contributed by atoms with Crippen molar-refractivity contribution in [3.63, 3.8) is 0 Å². The van der Waals surface area contributed by atoms with Gasteiger partial charge < -0.3 is 15.7 Å². The lowest BCUT2D eigenvalue weighted by Gasteiger charge is -2.30. The Kier molecular flexibility index (Phi) is 5.17. The molecule has 0 bridgehead atoms. The fraction of sp³-hybridized carbons (Fsp3) is 0.733. The molecule has 0 radical (unpaired) electrons. The average molecular weight is 278 g/mol. The Labute approximate surface area is 121 Å². The van der Waals surface area contributed by atoms with Crippen LogP contribution >= 0.6 is 0 Å². The van der Waals surface area contributed by atoms with Gasteiger partial charge in [-0.3, -0.25) is 0 Å². The van der Waals surface area contributed by atoms with Crippen molar-refractivity contribution in [1.82, 2.24) is 9.97 Å². The molecule has 1 fully saturated rings. The number of aromatic nitrogens is 2. The number of anilines is 2. The summed E-state index contributed by atoms with van der Waals surface area (Å²) in [6.07, 6.45) is 7.89. The summed E-state index contributed by atoms with van der Waals surface area (Å²) in [5.41, 5.74) is 0.918. The van der Waals surface area contributed by atoms with E-state index in [1.54, 1.807) is 6.33 Å². The monoisotopic (exact) mass is 278 g/mol. The first-order valence-corrected chi connectivity index (χ1v) is 7.71. The molecule has 0 spiro atoms. The van der Waals surface area contributed by atoms with Crippen molar-refractivity contribution in [2.24, 2.45) is 0 Å². The maximum Gasteiger partial charge on any atom is 0.135 e. The summed E-state index contributed by atoms with van der Waals surface area (Å²) in [6.45, 7) is 5.33. The van der Waals surface area contributed by atoms with E-state index in [9.17, 15) is 5.11 Å². The van der Waals surface area contributed by atoms with Crippen LogP contribution in [0.2, 0.25) is 0 Å². The fourth-order valence-corrected chi connectivity index (χ4v) is 2.88. The SMILES string of the molecule is CCCNc1ncnc(NC2(CO)CCCC2)c1CC. The second-order valence-corrected chi connectivity index (χ2v) is 5.60. The van der Waals surface area contributed by atoms with Gasteiger partial charge in [0, 0.05) is 12.1 Å². The van der Waals surface area contributed by atoms with Crippen molar-refractivity contribution in [3.8, 4) is 0 Å². The van der Waals surface area contributed by atoms with Gasteiger partial charge in [0.2, 0.25) is 0 Å². The third kappa shape index (κ3) is 3.20. The van der Waals surface area contributed by atoms with Gasteiger partial charge in [-0.1, -0.05) is 26.7 Å². The molecule has 5 heteroatoms. The van der Waals surface area contributed by atoms with Gasteiger partial charge in [-0.15, -0.1) is 0 Å². The fourth-order valence-electron chi connectivity index (χ4n) is 2.88. The summed E-state index contributed by atoms with van der Waals surface area (Å²) >= 11 is 0. The molecular formula is C15H26N4O. The van der Waals surface area contributed by atoms with Crippen molar-refractivity contribution in [1.29, 1.82) is 0 Å². The molecule has 112 valence electrons. The first-order chi connectivity index (χ1) is 9.74. The first kappa shape index (κ1) is 15.0. The molecule has 0 aromatic carbocycles. The third-order valence-electron chi connectivity index (χ3n) is 4.09. The summed E-state index contributed by atoms with van der Waals surface area (Å²) in [7, 11) is 0. The summed E-state index contributed by atoms with van der Waals surface area (Å²) in [6, 6.07) is 0. The minimum absolute atomic E-state index is 0.165. The molecule has 0 aliphatic heterocycles. The minimum Gasteiger partial charge on any atom is -0.394 e. The minimum atomic E-state index is -0.194. The number of hydrogen-bond acceptors (Lipinski definition) is 5. The Morgan fingerprint density at radius 3 is 2.50 bits per heavy atom. The van der Waals surface area contributed by atoms with Gasteiger partial charge in [0.25, 0.3) is 0 Å². The van der Waals surface area contributed by atoms with E-state index in [-0.39, 0.29) is 12.1 Å². The third-order valence-corrected chi connectivity index (χ3v) is 4.09. The van der Waals surface area contributed by atoms with E-state index in [1.807, 2.05) is 0 Å². The van der Waals surface area contributed by atoms with Crippen LogP contribution < -0.4 is 10.6 Å². The smallest absolute Gasteiger partial charge is 0.135 e. The standard InChI is InChI=1S/C15H26N4O/c1-3-9-16-13-12(4-2)14(18-11-17-13)19-15(10-20)7-5-6-8-15/h11,20H,3-10H2,1-2H3,(H2,16,17,18,19). The van der Waals surface area contributed by atoms with Gasteiger partial charge in [0.15, 0.2) is 0 Å². The lowest BCUT2D eigenvalue weighted by molar-refractivity contribution is 0.213. The van der Waals surface area contributed by atoms with Crippen molar-refractivity contribution < 1.29 is 5.11 Å². The number of nitrogens with one attached hydrogen (secondary N) is 2. The van der Waals surface area contributed by atoms with Crippen LogP contribution in [0.5, 0.6) is 0 Å². The highest BCUT2D eigenvalue weighted by atomic mass is 16.3. The Morgan fingerprint density at radius 2 is 1.90 bits per heavy atom. The lowest BCUT2D eigenvalue weighted by atomic mass is 9.98. The lowest BCUT2D eigenvalue weighted by Crippen LogP contribution is -2.39. The zero-order valence-corrected chi connectivity index (χ0v) is 12.6. The van der Waals surface area contributed by atoms with E-state index < -0.39 is 0 Å². The van der Waals surface area contributed by atoms with E-state index in [2.05, 4.69) is 34.4 Å². The maximum absolute atomic E-state index is 9.73. The number of aliphatic hydroxyl groups excluding tert-OH is 1. The van der Waals surface area contributed by atoms with Crippen molar-refractivity contribution in [2.75, 3.05) is 23.8 Å². The second kappa shape index (κ2) is 6.88. The van der Waals surface area contributed by atoms with E-state index in [0.717, 1.165) is 49.4 Å². The van der Waals surface area contributed by atoms with Crippen LogP contribution in [0, 0.1) is 0 Å². The Bertz CT molecular complexity index is 430. The van der Waals surface area contributed by atoms with Crippen molar-refractivity contribution >= 4 is 11.6 Å². The molecule has 20 heavy (non-hydrogen) atoms. The number of nitrogens with zero attached hydrogens (tertiary/aromatic N) is 2. The molecule has 1 aromatic rings. The molecule has 0 unspecified atom stereocenters. The summed E-state index contributed by atoms with van der Waals surface area (Å²) in [5, 5.41) is 16.6. The molecule has 1 saturated carbocycles. The zero-order valence-electron chi connectivity index (χ0n) is 12.6. The Balaban J connectivity index is 2.22. The molecule has 0 atom stereocenters. The molecule has 5 nitrogen and oxygen atoms in total. The van der Waals surface area contributed by atoms with Gasteiger partial charge in [-0.2, -0.15) is 0 Å². The van der Waals surface area contributed by atoms with E-state index in [0.29, 0.717) is 0 Å². The molecule has 0 amide bonds. The van der Waals surface area contributed by atoms with E-state index in [1.165, 1.54) is 12.8 Å². The van der Waals surface area contributed by atoms with E-state index in [4.69, 9.17) is 0 Å². The Morgan fingerprint density at radius 1 is 1.20 bits per heavy atom. The van der Waals surface area contributed by atoms with Crippen LogP contribution in [0.1, 0.15) is 51.5 Å². The molecule has 1 aromatic heterocycles. The summed E-state index contributed by atoms with van der Waals surface area (Å²) in [4.78, 5) is 8.75. The van der Waals surface area contributed by atoms with Crippen LogP contribution in [-0.2, 0) is 6.42 Å². The van der Waals surface area contributed by atoms with Gasteiger partial charge in [-0.25, -0.2) is 9.97 Å². The van der Waals surface area contributed by atoms with Crippen LogP contribution in [0.3, 0.4) is 0 Å². The highest BCUT2D eigenvalue weighted by Crippen LogP contribution is 2.34. The molecule has 1 aliphatic carbocycles. The number of aliphatic hydroxyl groups is 1. The highest BCUT2D eigenvalue weighted by Gasteiger charge is 2.34. The summed E-state index contributed by atoms with van der Waals surface area (Å²) < 4.78 is 0. The van der Waals surface area contributed by atoms with E-state index >= 15 is 0 Å². The second-order valence-electron chi connectivity index (χ2n) is 5.60. The largest absolute Gasteiger partial charge is 0.394 e. The number of hydrogen-bond donors (Lipinski definition) is 3. The molecular weight excluding hydrogens is 252 g/mol. The van der Waals surface area contributed by atoms with Crippen molar-refractivity contribution in [3.05, 3.63) is 11.9 Å².